The van der Waals surface area contributed by atoms with Crippen LogP contribution in [0.15, 0.2) is 35.5 Å². The number of rotatable bonds is 6. The lowest BCUT2D eigenvalue weighted by molar-refractivity contribution is -0.141. The van der Waals surface area contributed by atoms with Gasteiger partial charge in [-0.15, -0.1) is 11.8 Å². The van der Waals surface area contributed by atoms with Crippen molar-refractivity contribution in [1.29, 1.82) is 0 Å². The van der Waals surface area contributed by atoms with Gasteiger partial charge in [0.2, 0.25) is 5.95 Å². The van der Waals surface area contributed by atoms with E-state index in [4.69, 9.17) is 9.47 Å². The van der Waals surface area contributed by atoms with E-state index >= 15 is 0 Å². The normalized spacial score (nSPS) is 18.7. The molecule has 3 rings (SSSR count). The Morgan fingerprint density at radius 3 is 2.67 bits per heavy atom. The molecule has 1 N–H and O–H groups in total. The number of aromatic nitrogens is 2. The summed E-state index contributed by atoms with van der Waals surface area (Å²) >= 11 is 2.83. The zero-order valence-electron chi connectivity index (χ0n) is 16.1. The van der Waals surface area contributed by atoms with Gasteiger partial charge < -0.3 is 14.8 Å². The van der Waals surface area contributed by atoms with Crippen LogP contribution in [0, 0.1) is 0 Å². The van der Waals surface area contributed by atoms with Crippen LogP contribution in [-0.2, 0) is 15.7 Å². The van der Waals surface area contributed by atoms with E-state index in [1.165, 1.54) is 50.0 Å². The molecular formula is C18H17F3N4O3S2. The molecule has 2 atom stereocenters. The Labute approximate surface area is 178 Å². The number of anilines is 2. The van der Waals surface area contributed by atoms with Crippen molar-refractivity contribution < 1.29 is 27.4 Å². The SMILES string of the molecule is COC(=O)C1N=C(c2ccnc(Nc3cc(OC)cc(C(F)(F)F)c3)n2)SC1SC. The summed E-state index contributed by atoms with van der Waals surface area (Å²) in [4.78, 5) is 24.7. The van der Waals surface area contributed by atoms with Gasteiger partial charge in [0.05, 0.1) is 24.4 Å². The van der Waals surface area contributed by atoms with Crippen LogP contribution >= 0.6 is 23.5 Å². The molecule has 0 radical (unpaired) electrons. The summed E-state index contributed by atoms with van der Waals surface area (Å²) in [6.45, 7) is 0. The number of ether oxygens (including phenoxy) is 2. The van der Waals surface area contributed by atoms with Gasteiger partial charge in [-0.2, -0.15) is 13.2 Å². The average Bonchev–Trinajstić information content (AvgIpc) is 3.17. The number of methoxy groups -OCH3 is 2. The van der Waals surface area contributed by atoms with Crippen molar-refractivity contribution in [2.45, 2.75) is 16.8 Å². The molecule has 1 aromatic carbocycles. The number of carbonyl (C=O) groups is 1. The molecule has 2 unspecified atom stereocenters. The van der Waals surface area contributed by atoms with Crippen LogP contribution in [0.5, 0.6) is 5.75 Å². The van der Waals surface area contributed by atoms with Gasteiger partial charge in [0.15, 0.2) is 6.04 Å². The highest BCUT2D eigenvalue weighted by molar-refractivity contribution is 8.25. The molecule has 0 saturated carbocycles. The number of hydrogen-bond donors (Lipinski definition) is 1. The Bertz CT molecular complexity index is 972. The van der Waals surface area contributed by atoms with Gasteiger partial charge in [-0.05, 0) is 24.5 Å². The summed E-state index contributed by atoms with van der Waals surface area (Å²) in [6.07, 6.45) is -1.21. The van der Waals surface area contributed by atoms with Gasteiger partial charge in [-0.3, -0.25) is 4.99 Å². The van der Waals surface area contributed by atoms with E-state index < -0.39 is 23.8 Å². The molecule has 7 nitrogen and oxygen atoms in total. The molecule has 0 bridgehead atoms. The number of aliphatic imine (C=N–C) groups is 1. The number of thioether (sulfide) groups is 2. The van der Waals surface area contributed by atoms with Gasteiger partial charge in [0, 0.05) is 18.0 Å². The molecule has 1 aliphatic rings. The van der Waals surface area contributed by atoms with Gasteiger partial charge in [0.1, 0.15) is 16.5 Å². The fourth-order valence-corrected chi connectivity index (χ4v) is 4.62. The zero-order chi connectivity index (χ0) is 21.9. The van der Waals surface area contributed by atoms with Crippen LogP contribution in [0.3, 0.4) is 0 Å². The third-order valence-electron chi connectivity index (χ3n) is 4.02. The summed E-state index contributed by atoms with van der Waals surface area (Å²) in [5, 5.41) is 3.29. The largest absolute Gasteiger partial charge is 0.497 e. The van der Waals surface area contributed by atoms with Crippen molar-refractivity contribution in [2.24, 2.45) is 4.99 Å². The molecule has 0 fully saturated rings. The molecule has 1 aliphatic heterocycles. The number of benzene rings is 1. The minimum Gasteiger partial charge on any atom is -0.497 e. The topological polar surface area (TPSA) is 85.7 Å². The van der Waals surface area contributed by atoms with Gasteiger partial charge in [-0.1, -0.05) is 11.8 Å². The molecule has 0 spiro atoms. The predicted molar refractivity (Wildman–Crippen MR) is 111 cm³/mol. The third kappa shape index (κ3) is 4.98. The number of alkyl halides is 3. The van der Waals surface area contributed by atoms with Crippen molar-refractivity contribution in [3.63, 3.8) is 0 Å². The molecule has 0 aliphatic carbocycles. The molecule has 12 heteroatoms. The number of esters is 1. The molecule has 1 aromatic heterocycles. The highest BCUT2D eigenvalue weighted by Gasteiger charge is 2.37. The highest BCUT2D eigenvalue weighted by atomic mass is 32.2. The first kappa shape index (κ1) is 22.2. The average molecular weight is 458 g/mol. The Kier molecular flexibility index (Phi) is 6.76. The Balaban J connectivity index is 1.87. The summed E-state index contributed by atoms with van der Waals surface area (Å²) in [7, 11) is 2.58. The second-order valence-electron chi connectivity index (χ2n) is 5.96. The lowest BCUT2D eigenvalue weighted by Gasteiger charge is -2.13. The maximum Gasteiger partial charge on any atom is 0.416 e. The first-order chi connectivity index (χ1) is 14.2. The van der Waals surface area contributed by atoms with Crippen LogP contribution in [0.2, 0.25) is 0 Å². The van der Waals surface area contributed by atoms with Crippen molar-refractivity contribution in [2.75, 3.05) is 25.8 Å². The minimum absolute atomic E-state index is 0.0444. The second-order valence-corrected chi connectivity index (χ2v) is 8.37. The summed E-state index contributed by atoms with van der Waals surface area (Å²) < 4.78 is 48.9. The summed E-state index contributed by atoms with van der Waals surface area (Å²) in [5.74, 6) is -0.317. The number of nitrogens with one attached hydrogen (secondary N) is 1. The Hall–Kier alpha value is -2.47. The maximum atomic E-state index is 13.1. The number of carbonyl (C=O) groups excluding carboxylic acids is 1. The van der Waals surface area contributed by atoms with E-state index in [9.17, 15) is 18.0 Å². The van der Waals surface area contributed by atoms with Crippen LogP contribution in [0.4, 0.5) is 24.8 Å². The van der Waals surface area contributed by atoms with E-state index in [0.717, 1.165) is 12.1 Å². The van der Waals surface area contributed by atoms with E-state index in [2.05, 4.69) is 20.3 Å². The molecule has 2 aromatic rings. The summed E-state index contributed by atoms with van der Waals surface area (Å²) in [6, 6.07) is 4.20. The lowest BCUT2D eigenvalue weighted by atomic mass is 10.2. The number of nitrogens with zero attached hydrogens (tertiary/aromatic N) is 3. The van der Waals surface area contributed by atoms with Gasteiger partial charge in [-0.25, -0.2) is 14.8 Å². The van der Waals surface area contributed by atoms with Gasteiger partial charge in [0.25, 0.3) is 0 Å². The predicted octanol–water partition coefficient (Wildman–Crippen LogP) is 3.97. The molecule has 0 saturated heterocycles. The Morgan fingerprint density at radius 1 is 1.27 bits per heavy atom. The minimum atomic E-state index is -4.53. The smallest absolute Gasteiger partial charge is 0.416 e. The molecule has 0 amide bonds. The molecule has 160 valence electrons. The van der Waals surface area contributed by atoms with E-state index in [1.54, 1.807) is 6.07 Å². The standard InChI is InChI=1S/C18H17F3N4O3S2/c1-27-11-7-9(18(19,20)21)6-10(8-11)23-17-22-5-4-12(24-17)14-25-13(15(26)28-2)16(29-3)30-14/h4-8,13,16H,1-3H3,(H,22,23,24). The summed E-state index contributed by atoms with van der Waals surface area (Å²) in [5.41, 5.74) is -0.295. The van der Waals surface area contributed by atoms with Crippen LogP contribution in [-0.4, -0.2) is 52.1 Å². The van der Waals surface area contributed by atoms with E-state index in [0.29, 0.717) is 10.7 Å². The molecule has 30 heavy (non-hydrogen) atoms. The first-order valence-electron chi connectivity index (χ1n) is 8.47. The van der Waals surface area contributed by atoms with E-state index in [-0.39, 0.29) is 22.0 Å². The number of halogens is 3. The van der Waals surface area contributed by atoms with Gasteiger partial charge >= 0.3 is 12.1 Å². The van der Waals surface area contributed by atoms with Crippen molar-refractivity contribution >= 4 is 46.2 Å². The van der Waals surface area contributed by atoms with E-state index in [1.807, 2.05) is 6.26 Å². The van der Waals surface area contributed by atoms with Crippen molar-refractivity contribution in [1.82, 2.24) is 9.97 Å². The first-order valence-corrected chi connectivity index (χ1v) is 10.6. The monoisotopic (exact) mass is 458 g/mol. The number of hydrogen-bond acceptors (Lipinski definition) is 9. The van der Waals surface area contributed by atoms with Crippen LogP contribution in [0.25, 0.3) is 0 Å². The third-order valence-corrected chi connectivity index (χ3v) is 6.63. The molecule has 2 heterocycles. The molecular weight excluding hydrogens is 441 g/mol. The maximum absolute atomic E-state index is 13.1. The fraction of sp³-hybridized carbons (Fsp3) is 0.333. The Morgan fingerprint density at radius 2 is 2.03 bits per heavy atom. The highest BCUT2D eigenvalue weighted by Crippen LogP contribution is 2.37. The quantitative estimate of drug-likeness (QED) is 0.651. The zero-order valence-corrected chi connectivity index (χ0v) is 17.7. The second kappa shape index (κ2) is 9.13. The van der Waals surface area contributed by atoms with Crippen molar-refractivity contribution in [3.8, 4) is 5.75 Å². The van der Waals surface area contributed by atoms with Crippen LogP contribution < -0.4 is 10.1 Å². The van der Waals surface area contributed by atoms with Crippen molar-refractivity contribution in [3.05, 3.63) is 41.7 Å². The lowest BCUT2D eigenvalue weighted by Crippen LogP contribution is -2.26. The van der Waals surface area contributed by atoms with Crippen LogP contribution in [0.1, 0.15) is 11.3 Å². The fourth-order valence-electron chi connectivity index (χ4n) is 2.60.